The number of hydrogen-bond donors (Lipinski definition) is 2. The molecule has 5 nitrogen and oxygen atoms in total. The smallest absolute Gasteiger partial charge is 0.242 e. The summed E-state index contributed by atoms with van der Waals surface area (Å²) in [6.45, 7) is 1.35. The van der Waals surface area contributed by atoms with E-state index < -0.39 is 16.1 Å². The van der Waals surface area contributed by atoms with Gasteiger partial charge in [-0.3, -0.25) is 0 Å². The number of sulfonamides is 1. The van der Waals surface area contributed by atoms with Crippen LogP contribution in [-0.4, -0.2) is 40.3 Å². The maximum atomic E-state index is 12.1. The number of rotatable bonds is 5. The third-order valence-electron chi connectivity index (χ3n) is 2.35. The fourth-order valence-electron chi connectivity index (χ4n) is 1.34. The molecule has 0 spiro atoms. The van der Waals surface area contributed by atoms with E-state index in [0.29, 0.717) is 4.47 Å². The van der Waals surface area contributed by atoms with E-state index in [-0.39, 0.29) is 11.5 Å². The summed E-state index contributed by atoms with van der Waals surface area (Å²) in [5, 5.41) is 8.91. The molecule has 102 valence electrons. The second-order valence-corrected chi connectivity index (χ2v) is 6.75. The topological polar surface area (TPSA) is 69.6 Å². The molecule has 1 atom stereocenters. The first-order valence-electron chi connectivity index (χ1n) is 5.38. The number of benzene rings is 1. The molecule has 0 amide bonds. The predicted octanol–water partition coefficient (Wildman–Crippen LogP) is 1.17. The molecule has 18 heavy (non-hydrogen) atoms. The van der Waals surface area contributed by atoms with E-state index in [1.165, 1.54) is 0 Å². The number of nitrogens with zero attached hydrogens (tertiary/aromatic N) is 1. The van der Waals surface area contributed by atoms with Crippen molar-refractivity contribution in [3.8, 4) is 0 Å². The molecule has 1 unspecified atom stereocenters. The summed E-state index contributed by atoms with van der Waals surface area (Å²) in [5.74, 6) is 0. The maximum absolute atomic E-state index is 12.1. The fraction of sp³-hybridized carbons (Fsp3) is 0.455. The van der Waals surface area contributed by atoms with Crippen molar-refractivity contribution >= 4 is 31.6 Å². The molecule has 0 heterocycles. The minimum Gasteiger partial charge on any atom is -0.395 e. The van der Waals surface area contributed by atoms with Crippen molar-refractivity contribution in [1.29, 1.82) is 0 Å². The summed E-state index contributed by atoms with van der Waals surface area (Å²) in [4.78, 5) is 1.98. The van der Waals surface area contributed by atoms with Gasteiger partial charge in [-0.05, 0) is 41.1 Å². The number of aliphatic hydroxyl groups is 1. The predicted molar refractivity (Wildman–Crippen MR) is 75.3 cm³/mol. The van der Waals surface area contributed by atoms with Gasteiger partial charge in [0.2, 0.25) is 10.0 Å². The van der Waals surface area contributed by atoms with Gasteiger partial charge in [0.15, 0.2) is 0 Å². The number of halogens is 1. The van der Waals surface area contributed by atoms with E-state index in [1.807, 2.05) is 25.1 Å². The van der Waals surface area contributed by atoms with E-state index in [1.54, 1.807) is 19.1 Å². The van der Waals surface area contributed by atoms with Crippen molar-refractivity contribution in [2.45, 2.75) is 17.9 Å². The molecule has 0 fully saturated rings. The van der Waals surface area contributed by atoms with Crippen LogP contribution < -0.4 is 9.62 Å². The van der Waals surface area contributed by atoms with Crippen molar-refractivity contribution < 1.29 is 13.5 Å². The Morgan fingerprint density at radius 3 is 2.56 bits per heavy atom. The SMILES string of the molecule is CC(CO)NS(=O)(=O)c1cc(N(C)C)ccc1Br. The van der Waals surface area contributed by atoms with Crippen molar-refractivity contribution in [3.63, 3.8) is 0 Å². The number of anilines is 1. The minimum absolute atomic E-state index is 0.161. The molecule has 0 saturated carbocycles. The third-order valence-corrected chi connectivity index (χ3v) is 4.93. The first kappa shape index (κ1) is 15.4. The van der Waals surface area contributed by atoms with Gasteiger partial charge in [-0.2, -0.15) is 0 Å². The summed E-state index contributed by atoms with van der Waals surface area (Å²) >= 11 is 3.23. The normalized spacial score (nSPS) is 13.4. The molecule has 0 bridgehead atoms. The van der Waals surface area contributed by atoms with E-state index in [4.69, 9.17) is 5.11 Å². The Labute approximate surface area is 116 Å². The quantitative estimate of drug-likeness (QED) is 0.846. The molecule has 7 heteroatoms. The maximum Gasteiger partial charge on any atom is 0.242 e. The summed E-state index contributed by atoms with van der Waals surface area (Å²) in [5.41, 5.74) is 0.787. The zero-order valence-corrected chi connectivity index (χ0v) is 12.9. The van der Waals surface area contributed by atoms with Gasteiger partial charge in [-0.1, -0.05) is 0 Å². The molecule has 1 aromatic carbocycles. The Morgan fingerprint density at radius 2 is 2.06 bits per heavy atom. The van der Waals surface area contributed by atoms with Gasteiger partial charge in [0.1, 0.15) is 0 Å². The second-order valence-electron chi connectivity index (χ2n) is 4.21. The van der Waals surface area contributed by atoms with Crippen LogP contribution in [0.3, 0.4) is 0 Å². The number of aliphatic hydroxyl groups excluding tert-OH is 1. The van der Waals surface area contributed by atoms with Crippen LogP contribution in [0.15, 0.2) is 27.6 Å². The minimum atomic E-state index is -3.64. The highest BCUT2D eigenvalue weighted by Crippen LogP contribution is 2.26. The highest BCUT2D eigenvalue weighted by molar-refractivity contribution is 9.10. The van der Waals surface area contributed by atoms with Crippen LogP contribution >= 0.6 is 15.9 Å². The van der Waals surface area contributed by atoms with Crippen LogP contribution in [0.25, 0.3) is 0 Å². The Bertz CT molecular complexity index is 517. The van der Waals surface area contributed by atoms with E-state index in [2.05, 4.69) is 20.7 Å². The average Bonchev–Trinajstić information content (AvgIpc) is 2.28. The van der Waals surface area contributed by atoms with Gasteiger partial charge in [-0.25, -0.2) is 13.1 Å². The molecule has 0 aliphatic heterocycles. The van der Waals surface area contributed by atoms with Crippen molar-refractivity contribution in [1.82, 2.24) is 4.72 Å². The molecule has 0 aliphatic carbocycles. The number of hydrogen-bond acceptors (Lipinski definition) is 4. The van der Waals surface area contributed by atoms with Crippen LogP contribution in [-0.2, 0) is 10.0 Å². The van der Waals surface area contributed by atoms with Gasteiger partial charge in [-0.15, -0.1) is 0 Å². The molecule has 1 aromatic rings. The molecule has 0 radical (unpaired) electrons. The summed E-state index contributed by atoms with van der Waals surface area (Å²) in [6, 6.07) is 4.56. The van der Waals surface area contributed by atoms with E-state index in [9.17, 15) is 8.42 Å². The van der Waals surface area contributed by atoms with Crippen LogP contribution in [0.5, 0.6) is 0 Å². The Kier molecular flexibility index (Phi) is 5.15. The Hall–Kier alpha value is -0.630. The largest absolute Gasteiger partial charge is 0.395 e. The van der Waals surface area contributed by atoms with Crippen LogP contribution in [0.2, 0.25) is 0 Å². The third kappa shape index (κ3) is 3.68. The molecular formula is C11H17BrN2O3S. The van der Waals surface area contributed by atoms with E-state index >= 15 is 0 Å². The molecule has 2 N–H and O–H groups in total. The lowest BCUT2D eigenvalue weighted by Crippen LogP contribution is -2.35. The Balaban J connectivity index is 3.19. The van der Waals surface area contributed by atoms with E-state index in [0.717, 1.165) is 5.69 Å². The van der Waals surface area contributed by atoms with Crippen LogP contribution in [0, 0.1) is 0 Å². The highest BCUT2D eigenvalue weighted by atomic mass is 79.9. The second kappa shape index (κ2) is 6.01. The average molecular weight is 337 g/mol. The van der Waals surface area contributed by atoms with Crippen molar-refractivity contribution in [2.75, 3.05) is 25.6 Å². The molecule has 0 aromatic heterocycles. The van der Waals surface area contributed by atoms with Gasteiger partial charge in [0.25, 0.3) is 0 Å². The Morgan fingerprint density at radius 1 is 1.44 bits per heavy atom. The summed E-state index contributed by atoms with van der Waals surface area (Å²) in [7, 11) is 0.0316. The van der Waals surface area contributed by atoms with Crippen LogP contribution in [0.4, 0.5) is 5.69 Å². The zero-order valence-electron chi connectivity index (χ0n) is 10.5. The molecular weight excluding hydrogens is 320 g/mol. The van der Waals surface area contributed by atoms with Crippen molar-refractivity contribution in [3.05, 3.63) is 22.7 Å². The zero-order chi connectivity index (χ0) is 13.9. The first-order valence-corrected chi connectivity index (χ1v) is 7.65. The monoisotopic (exact) mass is 336 g/mol. The lowest BCUT2D eigenvalue weighted by molar-refractivity contribution is 0.265. The first-order chi connectivity index (χ1) is 8.27. The van der Waals surface area contributed by atoms with Gasteiger partial charge in [0, 0.05) is 30.3 Å². The standard InChI is InChI=1S/C11H17BrN2O3S/c1-8(7-15)13-18(16,17)11-6-9(14(2)3)4-5-10(11)12/h4-6,8,13,15H,7H2,1-3H3. The molecule has 0 aliphatic rings. The summed E-state index contributed by atoms with van der Waals surface area (Å²) < 4.78 is 27.1. The number of nitrogens with one attached hydrogen (secondary N) is 1. The lowest BCUT2D eigenvalue weighted by Gasteiger charge is -2.16. The fourth-order valence-corrected chi connectivity index (χ4v) is 3.56. The van der Waals surface area contributed by atoms with Gasteiger partial charge >= 0.3 is 0 Å². The lowest BCUT2D eigenvalue weighted by atomic mass is 10.3. The molecule has 1 rings (SSSR count). The van der Waals surface area contributed by atoms with Crippen LogP contribution in [0.1, 0.15) is 6.92 Å². The van der Waals surface area contributed by atoms with Crippen molar-refractivity contribution in [2.24, 2.45) is 0 Å². The highest BCUT2D eigenvalue weighted by Gasteiger charge is 2.20. The molecule has 0 saturated heterocycles. The van der Waals surface area contributed by atoms with Gasteiger partial charge in [0.05, 0.1) is 11.5 Å². The van der Waals surface area contributed by atoms with Gasteiger partial charge < -0.3 is 10.0 Å². The summed E-state index contributed by atoms with van der Waals surface area (Å²) in [6.07, 6.45) is 0.